The molecule has 2 unspecified atom stereocenters. The van der Waals surface area contributed by atoms with Crippen molar-refractivity contribution in [2.45, 2.75) is 31.1 Å². The smallest absolute Gasteiger partial charge is 0.414 e. The summed E-state index contributed by atoms with van der Waals surface area (Å²) in [5, 5.41) is 2.55. The monoisotopic (exact) mass is 474 g/mol. The molecule has 2 amide bonds. The number of amides is 2. The fraction of sp³-hybridized carbons (Fsp3) is 0.318. The first-order valence-corrected chi connectivity index (χ1v) is 11.3. The molecule has 1 heterocycles. The summed E-state index contributed by atoms with van der Waals surface area (Å²) in [4.78, 5) is 28.7. The van der Waals surface area contributed by atoms with Gasteiger partial charge >= 0.3 is 6.09 Å². The molecule has 0 spiro atoms. The van der Waals surface area contributed by atoms with Gasteiger partial charge in [0, 0.05) is 18.2 Å². The number of hydrazine groups is 1. The molecule has 2 aromatic carbocycles. The number of nitrogens with one attached hydrogen (secondary N) is 2. The van der Waals surface area contributed by atoms with E-state index in [4.69, 9.17) is 16.3 Å². The van der Waals surface area contributed by atoms with Crippen LogP contribution in [0.2, 0.25) is 0 Å². The van der Waals surface area contributed by atoms with E-state index in [1.807, 2.05) is 31.2 Å². The molecular weight excluding hydrogens is 447 g/mol. The number of thioether (sulfide) groups is 1. The van der Waals surface area contributed by atoms with E-state index >= 15 is 0 Å². The molecule has 0 radical (unpaired) electrons. The van der Waals surface area contributed by atoms with Crippen LogP contribution in [-0.4, -0.2) is 42.5 Å². The first-order valence-electron chi connectivity index (χ1n) is 10.3. The molecule has 0 aromatic heterocycles. The van der Waals surface area contributed by atoms with E-state index in [1.54, 1.807) is 23.9 Å². The highest BCUT2D eigenvalue weighted by Gasteiger charge is 2.32. The van der Waals surface area contributed by atoms with E-state index < -0.39 is 18.0 Å². The standard InChI is InChI=1S/C22H27FN6O3S/c1-13(30)26-10-18-11-29(22(31)32-18)17-7-8-19(20(23)9-17)16-5-3-15(4-6-16)12-33-14(2)27-21(24)28-25/h3-9,14,18H,10-12,25H2,1-2H3,(H,26,30)(H3,24,27,28). The molecule has 2 atom stereocenters. The summed E-state index contributed by atoms with van der Waals surface area (Å²) in [6.45, 7) is 3.75. The Hall–Kier alpha value is -3.31. The summed E-state index contributed by atoms with van der Waals surface area (Å²) in [5.74, 6) is 5.44. The number of aliphatic imine (C=N–C) groups is 1. The Morgan fingerprint density at radius 3 is 2.70 bits per heavy atom. The maximum absolute atomic E-state index is 14.9. The van der Waals surface area contributed by atoms with Gasteiger partial charge in [0.25, 0.3) is 0 Å². The second kappa shape index (κ2) is 11.0. The average Bonchev–Trinajstić information content (AvgIpc) is 3.17. The lowest BCUT2D eigenvalue weighted by Crippen LogP contribution is -2.37. The normalized spacial score (nSPS) is 17.0. The van der Waals surface area contributed by atoms with Crippen molar-refractivity contribution in [2.24, 2.45) is 16.6 Å². The second-order valence-electron chi connectivity index (χ2n) is 7.48. The summed E-state index contributed by atoms with van der Waals surface area (Å²) in [5.41, 5.74) is 10.5. The number of rotatable bonds is 8. The third-order valence-electron chi connectivity index (χ3n) is 4.94. The topological polar surface area (TPSA) is 135 Å². The van der Waals surface area contributed by atoms with E-state index in [0.29, 0.717) is 17.0 Å². The summed E-state index contributed by atoms with van der Waals surface area (Å²) in [6.07, 6.45) is -1.05. The van der Waals surface area contributed by atoms with Crippen LogP contribution >= 0.6 is 11.8 Å². The number of anilines is 1. The number of carbonyl (C=O) groups is 2. The molecule has 6 N–H and O–H groups in total. The van der Waals surface area contributed by atoms with Gasteiger partial charge in [-0.25, -0.2) is 20.0 Å². The maximum Gasteiger partial charge on any atom is 0.414 e. The summed E-state index contributed by atoms with van der Waals surface area (Å²) in [6, 6.07) is 12.2. The SMILES string of the molecule is CC(=O)NCC1CN(c2ccc(-c3ccc(CSC(C)/N=C(/N)NN)cc3)c(F)c2)C(=O)O1. The van der Waals surface area contributed by atoms with Crippen molar-refractivity contribution in [1.82, 2.24) is 10.7 Å². The molecular formula is C22H27FN6O3S. The predicted molar refractivity (Wildman–Crippen MR) is 128 cm³/mol. The second-order valence-corrected chi connectivity index (χ2v) is 8.79. The molecule has 176 valence electrons. The zero-order valence-corrected chi connectivity index (χ0v) is 19.2. The van der Waals surface area contributed by atoms with Gasteiger partial charge in [-0.1, -0.05) is 24.3 Å². The number of cyclic esters (lactones) is 1. The Labute approximate surface area is 195 Å². The Morgan fingerprint density at radius 2 is 2.06 bits per heavy atom. The molecule has 9 nitrogen and oxygen atoms in total. The van der Waals surface area contributed by atoms with Crippen LogP contribution in [0.3, 0.4) is 0 Å². The first-order chi connectivity index (χ1) is 15.8. The van der Waals surface area contributed by atoms with Crippen LogP contribution in [0, 0.1) is 5.82 Å². The lowest BCUT2D eigenvalue weighted by atomic mass is 10.0. The van der Waals surface area contributed by atoms with Crippen LogP contribution in [0.4, 0.5) is 14.9 Å². The zero-order chi connectivity index (χ0) is 24.0. The highest BCUT2D eigenvalue weighted by Crippen LogP contribution is 2.30. The van der Waals surface area contributed by atoms with Crippen molar-refractivity contribution in [2.75, 3.05) is 18.0 Å². The average molecular weight is 475 g/mol. The van der Waals surface area contributed by atoms with Crippen LogP contribution in [0.15, 0.2) is 47.5 Å². The van der Waals surface area contributed by atoms with Crippen molar-refractivity contribution in [1.29, 1.82) is 0 Å². The van der Waals surface area contributed by atoms with Gasteiger partial charge in [-0.15, -0.1) is 11.8 Å². The number of guanidine groups is 1. The Morgan fingerprint density at radius 1 is 1.33 bits per heavy atom. The van der Waals surface area contributed by atoms with E-state index in [0.717, 1.165) is 11.1 Å². The number of ether oxygens (including phenoxy) is 1. The van der Waals surface area contributed by atoms with Gasteiger partial charge in [-0.3, -0.25) is 15.1 Å². The van der Waals surface area contributed by atoms with Crippen molar-refractivity contribution in [3.8, 4) is 11.1 Å². The summed E-state index contributed by atoms with van der Waals surface area (Å²) >= 11 is 1.59. The predicted octanol–water partition coefficient (Wildman–Crippen LogP) is 2.31. The largest absolute Gasteiger partial charge is 0.442 e. The highest BCUT2D eigenvalue weighted by molar-refractivity contribution is 7.99. The molecule has 2 aromatic rings. The number of benzene rings is 2. The molecule has 0 bridgehead atoms. The van der Waals surface area contributed by atoms with Gasteiger partial charge < -0.3 is 15.8 Å². The van der Waals surface area contributed by atoms with Crippen LogP contribution in [-0.2, 0) is 15.3 Å². The first kappa shape index (κ1) is 24.3. The van der Waals surface area contributed by atoms with Gasteiger partial charge in [0.15, 0.2) is 0 Å². The molecule has 0 saturated carbocycles. The Bertz CT molecular complexity index is 1030. The third kappa shape index (κ3) is 6.59. The number of hydrogen-bond donors (Lipinski definition) is 4. The molecule has 1 saturated heterocycles. The fourth-order valence-corrected chi connectivity index (χ4v) is 4.08. The molecule has 11 heteroatoms. The Balaban J connectivity index is 1.64. The van der Waals surface area contributed by atoms with E-state index in [1.165, 1.54) is 17.9 Å². The van der Waals surface area contributed by atoms with Gasteiger partial charge in [0.05, 0.1) is 24.2 Å². The van der Waals surface area contributed by atoms with E-state index in [-0.39, 0.29) is 30.3 Å². The third-order valence-corrected chi connectivity index (χ3v) is 6.03. The van der Waals surface area contributed by atoms with Gasteiger partial charge in [0.2, 0.25) is 11.9 Å². The van der Waals surface area contributed by atoms with Crippen LogP contribution in [0.25, 0.3) is 11.1 Å². The lowest BCUT2D eigenvalue weighted by molar-refractivity contribution is -0.119. The minimum atomic E-state index is -0.568. The number of halogens is 1. The molecule has 33 heavy (non-hydrogen) atoms. The highest BCUT2D eigenvalue weighted by atomic mass is 32.2. The number of carbonyl (C=O) groups excluding carboxylic acids is 2. The van der Waals surface area contributed by atoms with Crippen molar-refractivity contribution >= 4 is 35.4 Å². The maximum atomic E-state index is 14.9. The molecule has 1 aliphatic rings. The molecule has 3 rings (SSSR count). The molecule has 1 fully saturated rings. The quantitative estimate of drug-likeness (QED) is 0.200. The molecule has 1 aliphatic heterocycles. The van der Waals surface area contributed by atoms with Crippen LogP contribution in [0.1, 0.15) is 19.4 Å². The Kier molecular flexibility index (Phi) is 8.12. The van der Waals surface area contributed by atoms with Gasteiger partial charge in [0.1, 0.15) is 11.9 Å². The molecule has 0 aliphatic carbocycles. The number of nitrogens with zero attached hydrogens (tertiary/aromatic N) is 2. The van der Waals surface area contributed by atoms with Crippen molar-refractivity contribution in [3.63, 3.8) is 0 Å². The number of hydrogen-bond acceptors (Lipinski definition) is 6. The van der Waals surface area contributed by atoms with Gasteiger partial charge in [-0.05, 0) is 36.2 Å². The minimum absolute atomic E-state index is 0.0687. The van der Waals surface area contributed by atoms with Crippen molar-refractivity contribution < 1.29 is 18.7 Å². The summed E-state index contributed by atoms with van der Waals surface area (Å²) in [7, 11) is 0. The van der Waals surface area contributed by atoms with Crippen LogP contribution < -0.4 is 27.2 Å². The van der Waals surface area contributed by atoms with E-state index in [2.05, 4.69) is 15.7 Å². The van der Waals surface area contributed by atoms with Crippen LogP contribution in [0.5, 0.6) is 0 Å². The van der Waals surface area contributed by atoms with Gasteiger partial charge in [-0.2, -0.15) is 0 Å². The fourth-order valence-electron chi connectivity index (χ4n) is 3.27. The minimum Gasteiger partial charge on any atom is -0.442 e. The lowest BCUT2D eigenvalue weighted by Gasteiger charge is -2.15. The zero-order valence-electron chi connectivity index (χ0n) is 18.4. The summed E-state index contributed by atoms with van der Waals surface area (Å²) < 4.78 is 20.1. The van der Waals surface area contributed by atoms with Crippen molar-refractivity contribution in [3.05, 3.63) is 53.8 Å². The van der Waals surface area contributed by atoms with E-state index in [9.17, 15) is 14.0 Å². The number of nitrogens with two attached hydrogens (primary N) is 2.